The molecule has 8 fully saturated rings. The summed E-state index contributed by atoms with van der Waals surface area (Å²) < 4.78 is 76.0. The highest BCUT2D eigenvalue weighted by Crippen LogP contribution is 2.66. The number of halogens is 4. The molecule has 274 valence electrons. The van der Waals surface area contributed by atoms with E-state index in [9.17, 15) is 9.59 Å². The molecule has 0 N–H and O–H groups in total. The summed E-state index contributed by atoms with van der Waals surface area (Å²) >= 11 is 0. The van der Waals surface area contributed by atoms with Crippen LogP contribution in [0.3, 0.4) is 0 Å². The Kier molecular flexibility index (Phi) is 10.6. The van der Waals surface area contributed by atoms with E-state index in [-0.39, 0.29) is 35.5 Å². The second kappa shape index (κ2) is 14.0. The van der Waals surface area contributed by atoms with Crippen LogP contribution in [0.25, 0.3) is 0 Å². The molecule has 0 amide bonds. The van der Waals surface area contributed by atoms with Crippen LogP contribution in [0, 0.1) is 59.2 Å². The van der Waals surface area contributed by atoms with Crippen LogP contribution in [0.4, 0.5) is 17.6 Å². The SMILES string of the molecule is CCCCCCC1(OC(=O)C(F)(F)C(F)(F)C(=O)OC2(CCCCCC)C3CC4CC(C3)C(CC)C2C4)C2CC3CC(C2)C(CC)C1C3. The molecule has 8 saturated carbocycles. The largest absolute Gasteiger partial charge is 0.454 e. The van der Waals surface area contributed by atoms with Gasteiger partial charge in [0.2, 0.25) is 0 Å². The fraction of sp³-hybridized carbons (Fsp3) is 0.950. The summed E-state index contributed by atoms with van der Waals surface area (Å²) in [6, 6.07) is 0. The topological polar surface area (TPSA) is 52.6 Å². The Morgan fingerprint density at radius 1 is 0.562 bits per heavy atom. The van der Waals surface area contributed by atoms with Gasteiger partial charge < -0.3 is 9.47 Å². The second-order valence-corrected chi connectivity index (χ2v) is 17.3. The zero-order valence-electron chi connectivity index (χ0n) is 30.1. The molecule has 0 heterocycles. The number of esters is 2. The number of carbonyl (C=O) groups is 2. The Morgan fingerprint density at radius 3 is 1.31 bits per heavy atom. The van der Waals surface area contributed by atoms with Crippen LogP contribution < -0.4 is 0 Å². The van der Waals surface area contributed by atoms with Crippen molar-refractivity contribution >= 4 is 11.9 Å². The standard InChI is InChI=1S/C40H62F4O4/c1-5-9-11-13-15-37(29-19-25-17-27(23-29)31(7-3)33(37)21-25)47-35(45)39(41,42)40(43,44)36(46)48-38(16-14-12-10-6-2)30-20-26-18-28(24-30)32(8-4)34(38)22-26/h25-34H,5-24H2,1-4H3. The molecule has 0 spiro atoms. The summed E-state index contributed by atoms with van der Waals surface area (Å²) in [5, 5.41) is 0. The van der Waals surface area contributed by atoms with Gasteiger partial charge in [0.15, 0.2) is 0 Å². The van der Waals surface area contributed by atoms with E-state index >= 15 is 17.6 Å². The van der Waals surface area contributed by atoms with Crippen LogP contribution in [0.1, 0.15) is 156 Å². The minimum Gasteiger partial charge on any atom is -0.454 e. The summed E-state index contributed by atoms with van der Waals surface area (Å²) in [4.78, 5) is 27.2. The van der Waals surface area contributed by atoms with Crippen molar-refractivity contribution in [1.29, 1.82) is 0 Å². The number of carbonyl (C=O) groups excluding carboxylic acids is 2. The van der Waals surface area contributed by atoms with Gasteiger partial charge in [-0.25, -0.2) is 9.59 Å². The van der Waals surface area contributed by atoms with Crippen LogP contribution in [0.15, 0.2) is 0 Å². The highest BCUT2D eigenvalue weighted by atomic mass is 19.3. The van der Waals surface area contributed by atoms with E-state index in [1.807, 2.05) is 0 Å². The maximum Gasteiger partial charge on any atom is 0.415 e. The number of hydrogen-bond donors (Lipinski definition) is 0. The van der Waals surface area contributed by atoms with Gasteiger partial charge in [0, 0.05) is 11.8 Å². The second-order valence-electron chi connectivity index (χ2n) is 17.3. The molecule has 12 atom stereocenters. The predicted octanol–water partition coefficient (Wildman–Crippen LogP) is 10.9. The third-order valence-corrected chi connectivity index (χ3v) is 15.0. The van der Waals surface area contributed by atoms with Crippen molar-refractivity contribution in [2.45, 2.75) is 179 Å². The Morgan fingerprint density at radius 2 is 0.958 bits per heavy atom. The van der Waals surface area contributed by atoms with Crippen LogP contribution in [-0.4, -0.2) is 35.0 Å². The summed E-state index contributed by atoms with van der Waals surface area (Å²) in [6.07, 6.45) is 16.6. The lowest BCUT2D eigenvalue weighted by Crippen LogP contribution is -2.66. The quantitative estimate of drug-likeness (QED) is 0.0870. The van der Waals surface area contributed by atoms with Gasteiger partial charge in [0.05, 0.1) is 0 Å². The lowest BCUT2D eigenvalue weighted by Gasteiger charge is -2.64. The fourth-order valence-corrected chi connectivity index (χ4v) is 13.1. The lowest BCUT2D eigenvalue weighted by atomic mass is 9.45. The van der Waals surface area contributed by atoms with Crippen molar-refractivity contribution in [3.8, 4) is 0 Å². The molecule has 0 aromatic carbocycles. The van der Waals surface area contributed by atoms with Gasteiger partial charge in [-0.05, 0) is 124 Å². The first-order valence-corrected chi connectivity index (χ1v) is 20.1. The van der Waals surface area contributed by atoms with E-state index < -0.39 is 35.0 Å². The van der Waals surface area contributed by atoms with Gasteiger partial charge in [-0.2, -0.15) is 17.6 Å². The lowest BCUT2D eigenvalue weighted by molar-refractivity contribution is -0.280. The van der Waals surface area contributed by atoms with E-state index in [0.717, 1.165) is 103 Å². The normalized spacial score (nSPS) is 41.2. The summed E-state index contributed by atoms with van der Waals surface area (Å²) in [5.41, 5.74) is -2.36. The van der Waals surface area contributed by atoms with Crippen LogP contribution in [0.5, 0.6) is 0 Å². The molecule has 8 aliphatic rings. The predicted molar refractivity (Wildman–Crippen MR) is 177 cm³/mol. The first-order valence-electron chi connectivity index (χ1n) is 20.1. The third-order valence-electron chi connectivity index (χ3n) is 15.0. The number of unbranched alkanes of at least 4 members (excludes halogenated alkanes) is 6. The summed E-state index contributed by atoms with van der Waals surface area (Å²) in [6.45, 7) is 8.38. The Hall–Kier alpha value is -1.34. The van der Waals surface area contributed by atoms with Gasteiger partial charge in [-0.15, -0.1) is 0 Å². The number of alkyl halides is 4. The van der Waals surface area contributed by atoms with E-state index in [2.05, 4.69) is 27.7 Å². The fourth-order valence-electron chi connectivity index (χ4n) is 13.1. The Balaban J connectivity index is 1.25. The first kappa shape index (κ1) is 36.5. The van der Waals surface area contributed by atoms with Crippen molar-refractivity contribution in [2.24, 2.45) is 59.2 Å². The molecule has 8 aliphatic carbocycles. The monoisotopic (exact) mass is 682 g/mol. The molecular formula is C40H62F4O4. The molecule has 0 radical (unpaired) electrons. The molecule has 48 heavy (non-hydrogen) atoms. The van der Waals surface area contributed by atoms with E-state index in [0.29, 0.717) is 49.4 Å². The zero-order chi connectivity index (χ0) is 34.5. The average molecular weight is 683 g/mol. The van der Waals surface area contributed by atoms with Gasteiger partial charge in [-0.3, -0.25) is 0 Å². The Bertz CT molecular complexity index is 1070. The van der Waals surface area contributed by atoms with Crippen molar-refractivity contribution < 1.29 is 36.6 Å². The van der Waals surface area contributed by atoms with Gasteiger partial charge in [-0.1, -0.05) is 79.1 Å². The van der Waals surface area contributed by atoms with E-state index in [1.165, 1.54) is 0 Å². The highest BCUT2D eigenvalue weighted by Gasteiger charge is 2.73. The summed E-state index contributed by atoms with van der Waals surface area (Å²) in [7, 11) is 0. The number of rotatable bonds is 17. The van der Waals surface area contributed by atoms with Crippen LogP contribution >= 0.6 is 0 Å². The van der Waals surface area contributed by atoms with E-state index in [1.54, 1.807) is 0 Å². The molecule has 8 rings (SSSR count). The van der Waals surface area contributed by atoms with Gasteiger partial charge in [0.25, 0.3) is 0 Å². The molecule has 8 heteroatoms. The van der Waals surface area contributed by atoms with Crippen molar-refractivity contribution in [1.82, 2.24) is 0 Å². The third kappa shape index (κ3) is 5.95. The van der Waals surface area contributed by atoms with Crippen molar-refractivity contribution in [3.05, 3.63) is 0 Å². The highest BCUT2D eigenvalue weighted by molar-refractivity contribution is 5.90. The minimum absolute atomic E-state index is 0.102. The van der Waals surface area contributed by atoms with Gasteiger partial charge in [0.1, 0.15) is 11.2 Å². The van der Waals surface area contributed by atoms with Crippen LogP contribution in [0.2, 0.25) is 0 Å². The molecule has 0 aromatic heterocycles. The average Bonchev–Trinajstić information content (AvgIpc) is 3.05. The smallest absolute Gasteiger partial charge is 0.415 e. The summed E-state index contributed by atoms with van der Waals surface area (Å²) in [5.74, 6) is -13.2. The van der Waals surface area contributed by atoms with Crippen molar-refractivity contribution in [2.75, 3.05) is 0 Å². The zero-order valence-corrected chi connectivity index (χ0v) is 30.1. The van der Waals surface area contributed by atoms with Crippen LogP contribution in [-0.2, 0) is 19.1 Å². The maximum absolute atomic E-state index is 16.1. The molecule has 0 aliphatic heterocycles. The number of hydrogen-bond acceptors (Lipinski definition) is 4. The molecular weight excluding hydrogens is 620 g/mol. The molecule has 4 nitrogen and oxygen atoms in total. The molecule has 12 unspecified atom stereocenters. The first-order chi connectivity index (χ1) is 22.9. The maximum atomic E-state index is 16.1. The molecule has 0 saturated heterocycles. The van der Waals surface area contributed by atoms with Gasteiger partial charge >= 0.3 is 23.8 Å². The van der Waals surface area contributed by atoms with E-state index in [4.69, 9.17) is 9.47 Å². The minimum atomic E-state index is -5.32. The number of ether oxygens (including phenoxy) is 2. The van der Waals surface area contributed by atoms with Crippen molar-refractivity contribution in [3.63, 3.8) is 0 Å². The molecule has 8 bridgehead atoms. The Labute approximate surface area is 286 Å². The molecule has 0 aromatic rings.